The summed E-state index contributed by atoms with van der Waals surface area (Å²) in [5.41, 5.74) is 2.09. The predicted molar refractivity (Wildman–Crippen MR) is 89.1 cm³/mol. The van der Waals surface area contributed by atoms with Crippen molar-refractivity contribution in [3.05, 3.63) is 59.1 Å². The van der Waals surface area contributed by atoms with Crippen molar-refractivity contribution in [2.24, 2.45) is 6.26 Å². The summed E-state index contributed by atoms with van der Waals surface area (Å²) in [6, 6.07) is 14.1. The number of hydrogen-bond acceptors (Lipinski definition) is 4. The van der Waals surface area contributed by atoms with Gasteiger partial charge in [0.15, 0.2) is 4.70 Å². The lowest BCUT2D eigenvalue weighted by Gasteiger charge is -2.05. The topological polar surface area (TPSA) is 70.1 Å². The fourth-order valence-corrected chi connectivity index (χ4v) is 3.64. The maximum atomic E-state index is 10.4. The second-order valence-corrected chi connectivity index (χ2v) is 8.31. The van der Waals surface area contributed by atoms with E-state index in [2.05, 4.69) is 36.4 Å². The van der Waals surface area contributed by atoms with Gasteiger partial charge in [-0.15, -0.1) is 0 Å². The first kappa shape index (κ1) is 16.6. The molecule has 0 radical (unpaired) electrons. The van der Waals surface area contributed by atoms with E-state index < -0.39 is 10.1 Å². The fraction of sp³-hybridized carbons (Fsp3) is 0.188. The summed E-state index contributed by atoms with van der Waals surface area (Å²) < 4.78 is 32.6. The minimum atomic E-state index is -4.27. The molecule has 116 valence electrons. The number of para-hydroxylation sites is 1. The summed E-state index contributed by atoms with van der Waals surface area (Å²) >= 11 is 0. The zero-order chi connectivity index (χ0) is 16.3. The number of fused-ring (bicyclic) bond motifs is 1. The summed E-state index contributed by atoms with van der Waals surface area (Å²) in [6.45, 7) is 3.92. The highest BCUT2D eigenvalue weighted by Crippen LogP contribution is 2.29. The molecule has 6 heteroatoms. The van der Waals surface area contributed by atoms with Crippen LogP contribution in [-0.2, 0) is 16.4 Å². The normalized spacial score (nSPS) is 11.9. The largest absolute Gasteiger partial charge is 0.744 e. The number of nitrogens with zero attached hydrogens (tertiary/aromatic N) is 1. The smallest absolute Gasteiger partial charge is 0.239 e. The molecule has 3 rings (SSSR count). The molecule has 1 unspecified atom stereocenters. The number of aryl methyl sites for hydroxylation is 3. The van der Waals surface area contributed by atoms with Crippen LogP contribution < -0.4 is 0 Å². The number of thiazole rings is 1. The van der Waals surface area contributed by atoms with Crippen molar-refractivity contribution in [3.8, 4) is 0 Å². The van der Waals surface area contributed by atoms with E-state index in [1.807, 2.05) is 13.0 Å². The van der Waals surface area contributed by atoms with Gasteiger partial charge in [0.1, 0.15) is 21.9 Å². The maximum Gasteiger partial charge on any atom is 0.239 e. The van der Waals surface area contributed by atoms with Gasteiger partial charge in [0.05, 0.1) is 4.90 Å². The summed E-state index contributed by atoms with van der Waals surface area (Å²) in [5, 5.41) is 1.26. The highest BCUT2D eigenvalue weighted by atomic mass is 32.2. The van der Waals surface area contributed by atoms with Crippen LogP contribution in [0.15, 0.2) is 53.4 Å². The summed E-state index contributed by atoms with van der Waals surface area (Å²) in [4.78, 5) is 4.28. The molecule has 0 saturated heterocycles. The quantitative estimate of drug-likeness (QED) is 0.502. The van der Waals surface area contributed by atoms with Crippen LogP contribution >= 0.6 is 10.5 Å². The number of rotatable bonds is 1. The molecule has 2 aromatic carbocycles. The van der Waals surface area contributed by atoms with Gasteiger partial charge in [0, 0.05) is 23.5 Å². The highest BCUT2D eigenvalue weighted by molar-refractivity contribution is 7.85. The SMILES string of the molecule is Cc1ccc(S(=O)(=O)[O-])cc1.Cc1nc2ccccc2[s+]1C. The first-order valence-electron chi connectivity index (χ1n) is 6.62. The standard InChI is InChI=1S/C9H10NS.C7H8O3S/c1-7-10-8-5-3-4-6-9(8)11(7)2;1-6-2-4-7(5-3-6)11(8,9)10/h3-6H,1-2H3;2-5H,1H3,(H,8,9,10)/q+1;/p-1. The van der Waals surface area contributed by atoms with Gasteiger partial charge in [-0.1, -0.05) is 29.8 Å². The number of aromatic nitrogens is 1. The van der Waals surface area contributed by atoms with Crippen LogP contribution in [0.3, 0.4) is 0 Å². The van der Waals surface area contributed by atoms with Crippen molar-refractivity contribution in [1.82, 2.24) is 4.98 Å². The van der Waals surface area contributed by atoms with Crippen LogP contribution in [0.5, 0.6) is 0 Å². The highest BCUT2D eigenvalue weighted by Gasteiger charge is 2.12. The third kappa shape index (κ3) is 3.91. The molecule has 0 bridgehead atoms. The van der Waals surface area contributed by atoms with E-state index in [0.29, 0.717) is 0 Å². The average Bonchev–Trinajstić information content (AvgIpc) is 2.75. The second kappa shape index (κ2) is 6.56. The van der Waals surface area contributed by atoms with Crippen LogP contribution in [0.25, 0.3) is 10.2 Å². The Labute approximate surface area is 133 Å². The van der Waals surface area contributed by atoms with E-state index in [-0.39, 0.29) is 15.4 Å². The van der Waals surface area contributed by atoms with Crippen molar-refractivity contribution in [3.63, 3.8) is 0 Å². The maximum absolute atomic E-state index is 10.4. The number of benzene rings is 2. The van der Waals surface area contributed by atoms with Gasteiger partial charge in [-0.25, -0.2) is 8.42 Å². The van der Waals surface area contributed by atoms with Crippen molar-refractivity contribution < 1.29 is 13.0 Å². The Hall–Kier alpha value is -1.76. The molecule has 0 aliphatic rings. The molecule has 22 heavy (non-hydrogen) atoms. The minimum absolute atomic E-state index is 0.178. The predicted octanol–water partition coefficient (Wildman–Crippen LogP) is 3.73. The van der Waals surface area contributed by atoms with E-state index >= 15 is 0 Å². The lowest BCUT2D eigenvalue weighted by molar-refractivity contribution is 0.463. The van der Waals surface area contributed by atoms with Gasteiger partial charge in [0.2, 0.25) is 5.01 Å². The summed E-state index contributed by atoms with van der Waals surface area (Å²) in [6.07, 6.45) is 2.23. The Morgan fingerprint density at radius 1 is 1.00 bits per heavy atom. The third-order valence-electron chi connectivity index (χ3n) is 3.23. The lowest BCUT2D eigenvalue weighted by atomic mass is 10.2. The Bertz CT molecular complexity index is 881. The van der Waals surface area contributed by atoms with E-state index in [1.165, 1.54) is 21.8 Å². The molecule has 0 fully saturated rings. The molecule has 0 amide bonds. The molecule has 1 atom stereocenters. The van der Waals surface area contributed by atoms with Crippen LogP contribution in [0.4, 0.5) is 0 Å². The van der Waals surface area contributed by atoms with Crippen LogP contribution in [0.2, 0.25) is 0 Å². The van der Waals surface area contributed by atoms with Crippen LogP contribution in [0, 0.1) is 13.8 Å². The van der Waals surface area contributed by atoms with Crippen molar-refractivity contribution in [2.45, 2.75) is 18.7 Å². The van der Waals surface area contributed by atoms with Gasteiger partial charge < -0.3 is 4.55 Å². The Morgan fingerprint density at radius 2 is 1.59 bits per heavy atom. The molecule has 4 nitrogen and oxygen atoms in total. The first-order chi connectivity index (χ1) is 10.3. The molecular weight excluding hydrogens is 318 g/mol. The van der Waals surface area contributed by atoms with Gasteiger partial charge in [-0.3, -0.25) is 0 Å². The molecular formula is C16H17NO3S2. The van der Waals surface area contributed by atoms with E-state index in [4.69, 9.17) is 0 Å². The number of hydrogen-bond donors (Lipinski definition) is 0. The molecule has 0 N–H and O–H groups in total. The first-order valence-corrected chi connectivity index (χ1v) is 9.66. The zero-order valence-electron chi connectivity index (χ0n) is 12.6. The molecule has 1 aromatic heterocycles. The third-order valence-corrected chi connectivity index (χ3v) is 6.06. The Balaban J connectivity index is 0.000000160. The Morgan fingerprint density at radius 3 is 2.14 bits per heavy atom. The van der Waals surface area contributed by atoms with Crippen molar-refractivity contribution in [2.75, 3.05) is 0 Å². The van der Waals surface area contributed by atoms with E-state index in [0.717, 1.165) is 11.1 Å². The molecule has 0 aliphatic heterocycles. The molecule has 0 aliphatic carbocycles. The lowest BCUT2D eigenvalue weighted by Crippen LogP contribution is -1.97. The molecule has 0 spiro atoms. The second-order valence-electron chi connectivity index (χ2n) is 4.88. The zero-order valence-corrected chi connectivity index (χ0v) is 14.2. The summed E-state index contributed by atoms with van der Waals surface area (Å²) in [5.74, 6) is 0. The molecule has 0 saturated carbocycles. The van der Waals surface area contributed by atoms with Gasteiger partial charge in [-0.05, 0) is 25.1 Å². The van der Waals surface area contributed by atoms with Crippen LogP contribution in [0.1, 0.15) is 10.6 Å². The van der Waals surface area contributed by atoms with Gasteiger partial charge in [0.25, 0.3) is 0 Å². The van der Waals surface area contributed by atoms with Gasteiger partial charge >= 0.3 is 0 Å². The molecule has 3 aromatic rings. The molecule has 1 heterocycles. The Kier molecular flexibility index (Phi) is 4.95. The van der Waals surface area contributed by atoms with Gasteiger partial charge in [-0.2, -0.15) is 4.98 Å². The average molecular weight is 335 g/mol. The summed E-state index contributed by atoms with van der Waals surface area (Å²) in [7, 11) is -4.01. The monoisotopic (exact) mass is 335 g/mol. The van der Waals surface area contributed by atoms with Crippen molar-refractivity contribution >= 4 is 30.8 Å². The van der Waals surface area contributed by atoms with E-state index in [9.17, 15) is 13.0 Å². The van der Waals surface area contributed by atoms with E-state index in [1.54, 1.807) is 12.1 Å². The minimum Gasteiger partial charge on any atom is -0.744 e. The van der Waals surface area contributed by atoms with Crippen molar-refractivity contribution in [1.29, 1.82) is 0 Å². The van der Waals surface area contributed by atoms with Crippen LogP contribution in [-0.4, -0.2) is 18.0 Å². The fourth-order valence-electron chi connectivity index (χ4n) is 1.91.